The van der Waals surface area contributed by atoms with Crippen LogP contribution in [0.5, 0.6) is 0 Å². The Morgan fingerprint density at radius 2 is 2.44 bits per heavy atom. The Hall–Kier alpha value is -1.32. The van der Waals surface area contributed by atoms with Gasteiger partial charge in [-0.05, 0) is 37.0 Å². The fourth-order valence-electron chi connectivity index (χ4n) is 3.33. The summed E-state index contributed by atoms with van der Waals surface area (Å²) in [7, 11) is 0. The van der Waals surface area contributed by atoms with Crippen molar-refractivity contribution in [2.45, 2.75) is 25.7 Å². The predicted octanol–water partition coefficient (Wildman–Crippen LogP) is 1.58. The number of hydrogen-bond acceptors (Lipinski definition) is 2. The first kappa shape index (κ1) is 9.87. The van der Waals surface area contributed by atoms with Gasteiger partial charge in [-0.1, -0.05) is 6.42 Å². The molecule has 3 atom stereocenters. The highest BCUT2D eigenvalue weighted by atomic mass is 16.1. The first-order chi connectivity index (χ1) is 7.83. The van der Waals surface area contributed by atoms with E-state index in [-0.39, 0.29) is 5.91 Å². The molecular weight excluding hydrogens is 202 g/mol. The van der Waals surface area contributed by atoms with E-state index in [1.54, 1.807) is 12.4 Å². The number of carbonyl (C=O) groups excluding carboxylic acids is 1. The van der Waals surface area contributed by atoms with Crippen LogP contribution in [0.1, 0.15) is 36.0 Å². The first-order valence-corrected chi connectivity index (χ1v) is 6.10. The van der Waals surface area contributed by atoms with E-state index in [4.69, 9.17) is 0 Å². The highest BCUT2D eigenvalue weighted by Crippen LogP contribution is 2.47. The third-order valence-electron chi connectivity index (χ3n) is 4.17. The Balaban J connectivity index is 1.52. The fourth-order valence-corrected chi connectivity index (χ4v) is 3.33. The average Bonchev–Trinajstić information content (AvgIpc) is 3.01. The molecule has 1 amide bonds. The van der Waals surface area contributed by atoms with Crippen LogP contribution in [0.2, 0.25) is 0 Å². The van der Waals surface area contributed by atoms with Gasteiger partial charge in [-0.3, -0.25) is 9.89 Å². The lowest BCUT2D eigenvalue weighted by atomic mass is 9.89. The molecule has 2 aliphatic carbocycles. The second-order valence-electron chi connectivity index (χ2n) is 5.13. The molecule has 4 nitrogen and oxygen atoms in total. The maximum Gasteiger partial charge on any atom is 0.254 e. The maximum absolute atomic E-state index is 11.7. The van der Waals surface area contributed by atoms with Gasteiger partial charge < -0.3 is 5.32 Å². The standard InChI is InChI=1S/C12H17N3O/c16-12(11-6-14-15-7-11)13-5-10-4-8-1-2-9(10)3-8/h6-10H,1-5H2,(H,13,16)(H,14,15). The number of H-pyrrole nitrogens is 1. The minimum Gasteiger partial charge on any atom is -0.352 e. The van der Waals surface area contributed by atoms with Crippen molar-refractivity contribution in [3.05, 3.63) is 18.0 Å². The molecule has 0 radical (unpaired) electrons. The summed E-state index contributed by atoms with van der Waals surface area (Å²) in [5.74, 6) is 2.53. The second kappa shape index (κ2) is 3.92. The third-order valence-corrected chi connectivity index (χ3v) is 4.17. The smallest absolute Gasteiger partial charge is 0.254 e. The normalized spacial score (nSPS) is 31.9. The summed E-state index contributed by atoms with van der Waals surface area (Å²) >= 11 is 0. The van der Waals surface area contributed by atoms with Crippen LogP contribution >= 0.6 is 0 Å². The van der Waals surface area contributed by atoms with Crippen LogP contribution in [0.15, 0.2) is 12.4 Å². The molecule has 2 fully saturated rings. The summed E-state index contributed by atoms with van der Waals surface area (Å²) in [6.07, 6.45) is 8.70. The number of nitrogens with zero attached hydrogens (tertiary/aromatic N) is 1. The van der Waals surface area contributed by atoms with Crippen molar-refractivity contribution in [3.8, 4) is 0 Å². The van der Waals surface area contributed by atoms with Crippen LogP contribution in [0, 0.1) is 17.8 Å². The number of aromatic nitrogens is 2. The van der Waals surface area contributed by atoms with Gasteiger partial charge in [-0.2, -0.15) is 5.10 Å². The number of fused-ring (bicyclic) bond motifs is 2. The van der Waals surface area contributed by atoms with E-state index in [0.29, 0.717) is 5.56 Å². The molecule has 4 heteroatoms. The highest BCUT2D eigenvalue weighted by molar-refractivity contribution is 5.93. The van der Waals surface area contributed by atoms with Gasteiger partial charge in [-0.15, -0.1) is 0 Å². The molecule has 1 aromatic rings. The average molecular weight is 219 g/mol. The molecule has 3 unspecified atom stereocenters. The largest absolute Gasteiger partial charge is 0.352 e. The Morgan fingerprint density at radius 1 is 1.50 bits per heavy atom. The molecule has 1 aromatic heterocycles. The molecule has 2 aliphatic rings. The SMILES string of the molecule is O=C(NCC1CC2CCC1C2)c1cn[nH]c1. The molecule has 2 N–H and O–H groups in total. The molecular formula is C12H17N3O. The molecule has 16 heavy (non-hydrogen) atoms. The van der Waals surface area contributed by atoms with Gasteiger partial charge in [0, 0.05) is 12.7 Å². The van der Waals surface area contributed by atoms with Crippen molar-refractivity contribution in [3.63, 3.8) is 0 Å². The molecule has 0 aliphatic heterocycles. The zero-order chi connectivity index (χ0) is 11.0. The number of rotatable bonds is 3. The number of hydrogen-bond donors (Lipinski definition) is 2. The van der Waals surface area contributed by atoms with Crippen molar-refractivity contribution in [2.24, 2.45) is 17.8 Å². The van der Waals surface area contributed by atoms with Crippen molar-refractivity contribution in [1.29, 1.82) is 0 Å². The van der Waals surface area contributed by atoms with Crippen molar-refractivity contribution in [2.75, 3.05) is 6.54 Å². The van der Waals surface area contributed by atoms with Crippen LogP contribution in [0.3, 0.4) is 0 Å². The lowest BCUT2D eigenvalue weighted by molar-refractivity contribution is 0.0942. The number of carbonyl (C=O) groups is 1. The summed E-state index contributed by atoms with van der Waals surface area (Å²) in [6, 6.07) is 0. The van der Waals surface area contributed by atoms with E-state index in [9.17, 15) is 4.79 Å². The van der Waals surface area contributed by atoms with Crippen LogP contribution < -0.4 is 5.32 Å². The number of aromatic amines is 1. The first-order valence-electron chi connectivity index (χ1n) is 6.10. The Bertz CT molecular complexity index is 374. The molecule has 0 spiro atoms. The van der Waals surface area contributed by atoms with Gasteiger partial charge in [0.2, 0.25) is 0 Å². The zero-order valence-corrected chi connectivity index (χ0v) is 9.28. The van der Waals surface area contributed by atoms with E-state index >= 15 is 0 Å². The molecule has 0 saturated heterocycles. The highest BCUT2D eigenvalue weighted by Gasteiger charge is 2.39. The van der Waals surface area contributed by atoms with E-state index < -0.39 is 0 Å². The van der Waals surface area contributed by atoms with Crippen molar-refractivity contribution in [1.82, 2.24) is 15.5 Å². The Morgan fingerprint density at radius 3 is 3.06 bits per heavy atom. The monoisotopic (exact) mass is 219 g/mol. The van der Waals surface area contributed by atoms with Crippen LogP contribution in [0.4, 0.5) is 0 Å². The van der Waals surface area contributed by atoms with Gasteiger partial charge in [0.15, 0.2) is 0 Å². The Kier molecular flexibility index (Phi) is 2.42. The summed E-state index contributed by atoms with van der Waals surface area (Å²) in [4.78, 5) is 11.7. The van der Waals surface area contributed by atoms with Gasteiger partial charge in [0.25, 0.3) is 5.91 Å². The summed E-state index contributed by atoms with van der Waals surface area (Å²) in [5.41, 5.74) is 0.628. The predicted molar refractivity (Wildman–Crippen MR) is 59.9 cm³/mol. The Labute approximate surface area is 94.8 Å². The van der Waals surface area contributed by atoms with Gasteiger partial charge in [-0.25, -0.2) is 0 Å². The van der Waals surface area contributed by atoms with Crippen LogP contribution in [-0.2, 0) is 0 Å². The maximum atomic E-state index is 11.7. The summed E-state index contributed by atoms with van der Waals surface area (Å²) < 4.78 is 0. The molecule has 0 aromatic carbocycles. The minimum atomic E-state index is -0.00322. The topological polar surface area (TPSA) is 57.8 Å². The van der Waals surface area contributed by atoms with Crippen molar-refractivity contribution < 1.29 is 4.79 Å². The van der Waals surface area contributed by atoms with Gasteiger partial charge in [0.05, 0.1) is 11.8 Å². The fraction of sp³-hybridized carbons (Fsp3) is 0.667. The van der Waals surface area contributed by atoms with E-state index in [0.717, 1.165) is 24.3 Å². The number of amides is 1. The van der Waals surface area contributed by atoms with Gasteiger partial charge >= 0.3 is 0 Å². The van der Waals surface area contributed by atoms with Gasteiger partial charge in [0.1, 0.15) is 0 Å². The van der Waals surface area contributed by atoms with E-state index in [1.165, 1.54) is 25.7 Å². The lowest BCUT2D eigenvalue weighted by Crippen LogP contribution is -2.31. The molecule has 2 bridgehead atoms. The molecule has 86 valence electrons. The van der Waals surface area contributed by atoms with E-state index in [2.05, 4.69) is 15.5 Å². The summed E-state index contributed by atoms with van der Waals surface area (Å²) in [6.45, 7) is 0.838. The minimum absolute atomic E-state index is 0.00322. The van der Waals surface area contributed by atoms with Crippen molar-refractivity contribution >= 4 is 5.91 Å². The molecule has 1 heterocycles. The van der Waals surface area contributed by atoms with Crippen LogP contribution in [0.25, 0.3) is 0 Å². The lowest BCUT2D eigenvalue weighted by Gasteiger charge is -2.21. The van der Waals surface area contributed by atoms with Crippen LogP contribution in [-0.4, -0.2) is 22.6 Å². The quantitative estimate of drug-likeness (QED) is 0.810. The zero-order valence-electron chi connectivity index (χ0n) is 9.28. The summed E-state index contributed by atoms with van der Waals surface area (Å²) in [5, 5.41) is 9.44. The number of nitrogens with one attached hydrogen (secondary N) is 2. The third kappa shape index (κ3) is 1.72. The van der Waals surface area contributed by atoms with E-state index in [1.807, 2.05) is 0 Å². The molecule has 2 saturated carbocycles. The second-order valence-corrected chi connectivity index (χ2v) is 5.13. The molecule has 3 rings (SSSR count).